The molecule has 3 aromatic rings. The summed E-state index contributed by atoms with van der Waals surface area (Å²) in [6, 6.07) is 13.1. The zero-order valence-electron chi connectivity index (χ0n) is 16.9. The van der Waals surface area contributed by atoms with Crippen molar-refractivity contribution in [2.45, 2.75) is 44.7 Å². The Hall–Kier alpha value is -3.22. The van der Waals surface area contributed by atoms with Crippen LogP contribution in [0.3, 0.4) is 0 Å². The lowest BCUT2D eigenvalue weighted by Gasteiger charge is -2.33. The van der Waals surface area contributed by atoms with Gasteiger partial charge in [0, 0.05) is 17.2 Å². The number of carbonyl (C=O) groups is 1. The Morgan fingerprint density at radius 3 is 2.47 bits per heavy atom. The van der Waals surface area contributed by atoms with E-state index < -0.39 is 0 Å². The van der Waals surface area contributed by atoms with Gasteiger partial charge in [0.25, 0.3) is 5.91 Å². The van der Waals surface area contributed by atoms with Crippen molar-refractivity contribution >= 4 is 5.91 Å². The van der Waals surface area contributed by atoms with Gasteiger partial charge in [0.1, 0.15) is 18.1 Å². The Labute approximate surface area is 174 Å². The molecule has 1 fully saturated rings. The summed E-state index contributed by atoms with van der Waals surface area (Å²) in [5.74, 6) is 1.08. The summed E-state index contributed by atoms with van der Waals surface area (Å²) in [5, 5.41) is 4.07. The lowest BCUT2D eigenvalue weighted by atomic mass is 9.93. The standard InChI is InChI=1S/C23H24FN3O3/c1-29-20-13-9-16(10-14-20)22-25-21(30-26-22)15-27(19-5-3-2-4-6-19)23(28)17-7-11-18(24)12-8-17/h7-14,19H,2-6,15H2,1H3. The molecule has 2 aromatic carbocycles. The van der Waals surface area contributed by atoms with Crippen LogP contribution >= 0.6 is 0 Å². The van der Waals surface area contributed by atoms with Crippen molar-refractivity contribution in [1.29, 1.82) is 0 Å². The van der Waals surface area contributed by atoms with E-state index >= 15 is 0 Å². The lowest BCUT2D eigenvalue weighted by Crippen LogP contribution is -2.41. The highest BCUT2D eigenvalue weighted by Gasteiger charge is 2.28. The van der Waals surface area contributed by atoms with E-state index in [0.29, 0.717) is 17.3 Å². The molecule has 0 saturated heterocycles. The van der Waals surface area contributed by atoms with Gasteiger partial charge in [0.05, 0.1) is 7.11 Å². The third-order valence-corrected chi connectivity index (χ3v) is 5.49. The number of ether oxygens (including phenoxy) is 1. The molecule has 1 aliphatic rings. The van der Waals surface area contributed by atoms with Crippen LogP contribution in [0.5, 0.6) is 5.75 Å². The first kappa shape index (κ1) is 20.1. The maximum atomic E-state index is 13.3. The Balaban J connectivity index is 1.56. The predicted octanol–water partition coefficient (Wildman–Crippen LogP) is 4.86. The fourth-order valence-electron chi connectivity index (χ4n) is 3.84. The van der Waals surface area contributed by atoms with E-state index in [1.165, 1.54) is 30.7 Å². The largest absolute Gasteiger partial charge is 0.497 e. The number of nitrogens with zero attached hydrogens (tertiary/aromatic N) is 3. The van der Waals surface area contributed by atoms with E-state index in [4.69, 9.17) is 9.26 Å². The van der Waals surface area contributed by atoms with Crippen molar-refractivity contribution in [3.8, 4) is 17.1 Å². The second kappa shape index (κ2) is 9.07. The van der Waals surface area contributed by atoms with Crippen molar-refractivity contribution in [2.75, 3.05) is 7.11 Å². The van der Waals surface area contributed by atoms with Crippen LogP contribution in [0.1, 0.15) is 48.4 Å². The number of hydrogen-bond donors (Lipinski definition) is 0. The number of methoxy groups -OCH3 is 1. The van der Waals surface area contributed by atoms with Crippen LogP contribution in [0.15, 0.2) is 53.1 Å². The van der Waals surface area contributed by atoms with Crippen LogP contribution in [-0.4, -0.2) is 34.1 Å². The molecule has 156 valence electrons. The van der Waals surface area contributed by atoms with Gasteiger partial charge in [-0.05, 0) is 61.4 Å². The SMILES string of the molecule is COc1ccc(-c2noc(CN(C(=O)c3ccc(F)cc3)C3CCCCC3)n2)cc1. The first-order valence-corrected chi connectivity index (χ1v) is 10.2. The molecule has 0 aliphatic heterocycles. The molecule has 6 nitrogen and oxygen atoms in total. The average Bonchev–Trinajstić information content (AvgIpc) is 3.27. The Bertz CT molecular complexity index is 980. The number of benzene rings is 2. The van der Waals surface area contributed by atoms with Crippen molar-refractivity contribution in [3.63, 3.8) is 0 Å². The Morgan fingerprint density at radius 1 is 1.10 bits per heavy atom. The second-order valence-corrected chi connectivity index (χ2v) is 7.47. The molecule has 0 unspecified atom stereocenters. The fraction of sp³-hybridized carbons (Fsp3) is 0.348. The van der Waals surface area contributed by atoms with Gasteiger partial charge in [0.15, 0.2) is 0 Å². The van der Waals surface area contributed by atoms with Crippen LogP contribution in [0, 0.1) is 5.82 Å². The Morgan fingerprint density at radius 2 is 1.80 bits per heavy atom. The van der Waals surface area contributed by atoms with E-state index in [0.717, 1.165) is 37.0 Å². The van der Waals surface area contributed by atoms with E-state index in [2.05, 4.69) is 10.1 Å². The summed E-state index contributed by atoms with van der Waals surface area (Å²) >= 11 is 0. The molecular formula is C23H24FN3O3. The second-order valence-electron chi connectivity index (χ2n) is 7.47. The molecule has 4 rings (SSSR count). The monoisotopic (exact) mass is 409 g/mol. The number of hydrogen-bond acceptors (Lipinski definition) is 5. The van der Waals surface area contributed by atoms with Crippen molar-refractivity contribution in [2.24, 2.45) is 0 Å². The molecule has 7 heteroatoms. The van der Waals surface area contributed by atoms with Gasteiger partial charge < -0.3 is 14.2 Å². The fourth-order valence-corrected chi connectivity index (χ4v) is 3.84. The van der Waals surface area contributed by atoms with E-state index in [1.54, 1.807) is 12.0 Å². The molecule has 0 N–H and O–H groups in total. The molecule has 0 radical (unpaired) electrons. The maximum absolute atomic E-state index is 13.3. The highest BCUT2D eigenvalue weighted by molar-refractivity contribution is 5.94. The van der Waals surface area contributed by atoms with E-state index in [9.17, 15) is 9.18 Å². The highest BCUT2D eigenvalue weighted by Crippen LogP contribution is 2.26. The Kier molecular flexibility index (Phi) is 6.07. The molecule has 1 aliphatic carbocycles. The van der Waals surface area contributed by atoms with Gasteiger partial charge in [-0.3, -0.25) is 4.79 Å². The molecule has 0 atom stereocenters. The summed E-state index contributed by atoms with van der Waals surface area (Å²) in [6.45, 7) is 0.226. The summed E-state index contributed by atoms with van der Waals surface area (Å²) in [5.41, 5.74) is 1.26. The maximum Gasteiger partial charge on any atom is 0.254 e. The minimum atomic E-state index is -0.364. The van der Waals surface area contributed by atoms with Gasteiger partial charge in [-0.25, -0.2) is 4.39 Å². The number of aromatic nitrogens is 2. The van der Waals surface area contributed by atoms with Gasteiger partial charge in [-0.1, -0.05) is 24.4 Å². The van der Waals surface area contributed by atoms with Crippen molar-refractivity contribution < 1.29 is 18.4 Å². The molecule has 1 heterocycles. The molecular weight excluding hydrogens is 385 g/mol. The van der Waals surface area contributed by atoms with Gasteiger partial charge in [0.2, 0.25) is 11.7 Å². The molecule has 1 aromatic heterocycles. The summed E-state index contributed by atoms with van der Waals surface area (Å²) < 4.78 is 23.9. The third-order valence-electron chi connectivity index (χ3n) is 5.49. The first-order chi connectivity index (χ1) is 14.6. The predicted molar refractivity (Wildman–Crippen MR) is 109 cm³/mol. The molecule has 0 spiro atoms. The normalized spacial score (nSPS) is 14.5. The smallest absolute Gasteiger partial charge is 0.254 e. The third kappa shape index (κ3) is 4.50. The minimum Gasteiger partial charge on any atom is -0.497 e. The van der Waals surface area contributed by atoms with E-state index in [1.807, 2.05) is 24.3 Å². The molecule has 0 bridgehead atoms. The number of carbonyl (C=O) groups excluding carboxylic acids is 1. The quantitative estimate of drug-likeness (QED) is 0.582. The molecule has 30 heavy (non-hydrogen) atoms. The van der Waals surface area contributed by atoms with Crippen molar-refractivity contribution in [3.05, 3.63) is 65.8 Å². The lowest BCUT2D eigenvalue weighted by molar-refractivity contribution is 0.0586. The summed E-state index contributed by atoms with van der Waals surface area (Å²) in [4.78, 5) is 19.5. The van der Waals surface area contributed by atoms with Gasteiger partial charge >= 0.3 is 0 Å². The topological polar surface area (TPSA) is 68.5 Å². The van der Waals surface area contributed by atoms with Crippen LogP contribution < -0.4 is 4.74 Å². The molecule has 1 saturated carbocycles. The highest BCUT2D eigenvalue weighted by atomic mass is 19.1. The zero-order chi connectivity index (χ0) is 20.9. The van der Waals surface area contributed by atoms with E-state index in [-0.39, 0.29) is 24.3 Å². The first-order valence-electron chi connectivity index (χ1n) is 10.2. The summed E-state index contributed by atoms with van der Waals surface area (Å²) in [7, 11) is 1.61. The van der Waals surface area contributed by atoms with Crippen molar-refractivity contribution in [1.82, 2.24) is 15.0 Å². The van der Waals surface area contributed by atoms with Crippen LogP contribution in [-0.2, 0) is 6.54 Å². The number of amides is 1. The van der Waals surface area contributed by atoms with Gasteiger partial charge in [-0.15, -0.1) is 0 Å². The minimum absolute atomic E-state index is 0.104. The zero-order valence-corrected chi connectivity index (χ0v) is 16.9. The number of rotatable bonds is 6. The van der Waals surface area contributed by atoms with Crippen LogP contribution in [0.25, 0.3) is 11.4 Å². The molecule has 1 amide bonds. The average molecular weight is 409 g/mol. The summed E-state index contributed by atoms with van der Waals surface area (Å²) in [6.07, 6.45) is 5.22. The van der Waals surface area contributed by atoms with Crippen LogP contribution in [0.2, 0.25) is 0 Å². The van der Waals surface area contributed by atoms with Gasteiger partial charge in [-0.2, -0.15) is 4.98 Å². The number of halogens is 1. The van der Waals surface area contributed by atoms with Crippen LogP contribution in [0.4, 0.5) is 4.39 Å².